The van der Waals surface area contributed by atoms with Gasteiger partial charge in [0.05, 0.1) is 9.88 Å². The molecule has 0 spiro atoms. The van der Waals surface area contributed by atoms with Gasteiger partial charge in [-0.15, -0.1) is 11.3 Å². The summed E-state index contributed by atoms with van der Waals surface area (Å²) in [5.74, 6) is 0.113. The van der Waals surface area contributed by atoms with Gasteiger partial charge < -0.3 is 10.6 Å². The van der Waals surface area contributed by atoms with Crippen LogP contribution in [-0.2, 0) is 17.9 Å². The van der Waals surface area contributed by atoms with E-state index in [1.54, 1.807) is 12.1 Å². The van der Waals surface area contributed by atoms with Crippen molar-refractivity contribution >= 4 is 28.2 Å². The summed E-state index contributed by atoms with van der Waals surface area (Å²) < 4.78 is 0. The molecule has 1 aliphatic rings. The highest BCUT2D eigenvalue weighted by atomic mass is 32.1. The molecule has 1 aromatic heterocycles. The second kappa shape index (κ2) is 9.15. The van der Waals surface area contributed by atoms with E-state index in [2.05, 4.69) is 53.6 Å². The molecule has 1 fully saturated rings. The summed E-state index contributed by atoms with van der Waals surface area (Å²) in [5, 5.41) is 6.56. The Bertz CT molecular complexity index is 777. The van der Waals surface area contributed by atoms with Gasteiger partial charge in [-0.25, -0.2) is 0 Å². The van der Waals surface area contributed by atoms with Crippen molar-refractivity contribution in [1.29, 1.82) is 0 Å². The Hall–Kier alpha value is -2.18. The first-order valence-electron chi connectivity index (χ1n) is 9.58. The number of amides is 2. The van der Waals surface area contributed by atoms with Crippen LogP contribution in [-0.4, -0.2) is 29.8 Å². The molecule has 2 aromatic rings. The van der Waals surface area contributed by atoms with Crippen LogP contribution < -0.4 is 10.6 Å². The largest absolute Gasteiger partial charge is 0.347 e. The van der Waals surface area contributed by atoms with Gasteiger partial charge in [-0.05, 0) is 49.2 Å². The van der Waals surface area contributed by atoms with Crippen LogP contribution in [0, 0.1) is 5.92 Å². The topological polar surface area (TPSA) is 61.4 Å². The SMILES string of the molecule is CCN(CC)Cc1ccc(CNC(=O)c2ccc(NC(=O)C3CC3)s2)cc1. The molecule has 0 aliphatic heterocycles. The zero-order valence-corrected chi connectivity index (χ0v) is 16.8. The highest BCUT2D eigenvalue weighted by Crippen LogP contribution is 2.31. The Kier molecular flexibility index (Phi) is 6.63. The Morgan fingerprint density at radius 1 is 1.04 bits per heavy atom. The van der Waals surface area contributed by atoms with E-state index in [0.717, 1.165) is 43.0 Å². The molecule has 2 amide bonds. The third-order valence-corrected chi connectivity index (χ3v) is 5.80. The van der Waals surface area contributed by atoms with E-state index in [4.69, 9.17) is 0 Å². The molecule has 1 saturated carbocycles. The highest BCUT2D eigenvalue weighted by Gasteiger charge is 2.29. The molecule has 6 heteroatoms. The smallest absolute Gasteiger partial charge is 0.261 e. The minimum absolute atomic E-state index is 0.0635. The number of carbonyl (C=O) groups excluding carboxylic acids is 2. The molecule has 27 heavy (non-hydrogen) atoms. The fourth-order valence-electron chi connectivity index (χ4n) is 2.83. The normalized spacial score (nSPS) is 13.6. The maximum absolute atomic E-state index is 12.3. The zero-order chi connectivity index (χ0) is 19.2. The number of nitrogens with one attached hydrogen (secondary N) is 2. The van der Waals surface area contributed by atoms with E-state index in [9.17, 15) is 9.59 Å². The van der Waals surface area contributed by atoms with Crippen LogP contribution in [0.4, 0.5) is 5.00 Å². The van der Waals surface area contributed by atoms with Crippen LogP contribution in [0.25, 0.3) is 0 Å². The van der Waals surface area contributed by atoms with Gasteiger partial charge in [-0.3, -0.25) is 14.5 Å². The standard InChI is InChI=1S/C21H27N3O2S/c1-3-24(4-2)14-16-7-5-15(6-8-16)13-22-21(26)18-11-12-19(27-18)23-20(25)17-9-10-17/h5-8,11-12,17H,3-4,9-10,13-14H2,1-2H3,(H,22,26)(H,23,25). The van der Waals surface area contributed by atoms with Gasteiger partial charge >= 0.3 is 0 Å². The van der Waals surface area contributed by atoms with E-state index < -0.39 is 0 Å². The molecule has 1 aromatic carbocycles. The third kappa shape index (κ3) is 5.65. The average Bonchev–Trinajstić information content (AvgIpc) is 3.44. The lowest BCUT2D eigenvalue weighted by Gasteiger charge is -2.18. The number of nitrogens with zero attached hydrogens (tertiary/aromatic N) is 1. The molecule has 0 saturated heterocycles. The zero-order valence-electron chi connectivity index (χ0n) is 16.0. The van der Waals surface area contributed by atoms with Crippen LogP contribution in [0.1, 0.15) is 47.5 Å². The van der Waals surface area contributed by atoms with Crippen LogP contribution >= 0.6 is 11.3 Å². The summed E-state index contributed by atoms with van der Waals surface area (Å²) >= 11 is 1.31. The number of rotatable bonds is 9. The number of hydrogen-bond acceptors (Lipinski definition) is 4. The monoisotopic (exact) mass is 385 g/mol. The van der Waals surface area contributed by atoms with Crippen molar-refractivity contribution in [3.8, 4) is 0 Å². The maximum Gasteiger partial charge on any atom is 0.261 e. The molecule has 5 nitrogen and oxygen atoms in total. The fourth-order valence-corrected chi connectivity index (χ4v) is 3.66. The molecule has 1 aliphatic carbocycles. The van der Waals surface area contributed by atoms with Gasteiger partial charge in [-0.1, -0.05) is 38.1 Å². The predicted molar refractivity (Wildman–Crippen MR) is 110 cm³/mol. The van der Waals surface area contributed by atoms with Gasteiger partial charge in [0.1, 0.15) is 0 Å². The molecule has 1 heterocycles. The molecular formula is C21H27N3O2S. The lowest BCUT2D eigenvalue weighted by Crippen LogP contribution is -2.22. The van der Waals surface area contributed by atoms with Crippen molar-refractivity contribution < 1.29 is 9.59 Å². The van der Waals surface area contributed by atoms with Crippen molar-refractivity contribution in [2.24, 2.45) is 5.92 Å². The second-order valence-electron chi connectivity index (χ2n) is 6.89. The van der Waals surface area contributed by atoms with E-state index in [-0.39, 0.29) is 17.7 Å². The second-order valence-corrected chi connectivity index (χ2v) is 7.97. The molecule has 3 rings (SSSR count). The van der Waals surface area contributed by atoms with Crippen LogP contribution in [0.5, 0.6) is 0 Å². The van der Waals surface area contributed by atoms with E-state index in [1.165, 1.54) is 16.9 Å². The maximum atomic E-state index is 12.3. The minimum Gasteiger partial charge on any atom is -0.347 e. The summed E-state index contributed by atoms with van der Waals surface area (Å²) in [6.45, 7) is 7.86. The average molecular weight is 386 g/mol. The Morgan fingerprint density at radius 3 is 2.33 bits per heavy atom. The van der Waals surface area contributed by atoms with Crippen molar-refractivity contribution in [3.63, 3.8) is 0 Å². The van der Waals surface area contributed by atoms with Crippen LogP contribution in [0.3, 0.4) is 0 Å². The highest BCUT2D eigenvalue weighted by molar-refractivity contribution is 7.18. The number of hydrogen-bond donors (Lipinski definition) is 2. The minimum atomic E-state index is -0.112. The van der Waals surface area contributed by atoms with E-state index >= 15 is 0 Å². The van der Waals surface area contributed by atoms with Crippen LogP contribution in [0.2, 0.25) is 0 Å². The molecule has 0 atom stereocenters. The van der Waals surface area contributed by atoms with E-state index in [0.29, 0.717) is 11.4 Å². The van der Waals surface area contributed by atoms with Crippen molar-refractivity contribution in [3.05, 3.63) is 52.4 Å². The first kappa shape index (κ1) is 19.6. The van der Waals surface area contributed by atoms with Crippen molar-refractivity contribution in [2.75, 3.05) is 18.4 Å². The number of anilines is 1. The number of carbonyl (C=O) groups is 2. The molecule has 2 N–H and O–H groups in total. The van der Waals surface area contributed by atoms with Gasteiger partial charge in [-0.2, -0.15) is 0 Å². The molecule has 144 valence electrons. The Balaban J connectivity index is 1.48. The lowest BCUT2D eigenvalue weighted by molar-refractivity contribution is -0.117. The van der Waals surface area contributed by atoms with Gasteiger partial charge in [0, 0.05) is 19.0 Å². The number of thiophene rings is 1. The molecule has 0 bridgehead atoms. The quantitative estimate of drug-likeness (QED) is 0.689. The van der Waals surface area contributed by atoms with Gasteiger partial charge in [0.2, 0.25) is 5.91 Å². The summed E-state index contributed by atoms with van der Waals surface area (Å²) in [6, 6.07) is 11.9. The van der Waals surface area contributed by atoms with Gasteiger partial charge in [0.25, 0.3) is 5.91 Å². The Labute approximate surface area is 164 Å². The first-order chi connectivity index (χ1) is 13.1. The van der Waals surface area contributed by atoms with Crippen LogP contribution in [0.15, 0.2) is 36.4 Å². The van der Waals surface area contributed by atoms with Crippen molar-refractivity contribution in [1.82, 2.24) is 10.2 Å². The van der Waals surface area contributed by atoms with Crippen molar-refractivity contribution in [2.45, 2.75) is 39.8 Å². The van der Waals surface area contributed by atoms with Gasteiger partial charge in [0.15, 0.2) is 0 Å². The molecule has 0 unspecified atom stereocenters. The number of benzene rings is 1. The summed E-state index contributed by atoms with van der Waals surface area (Å²) in [4.78, 5) is 27.1. The summed E-state index contributed by atoms with van der Waals surface area (Å²) in [5.41, 5.74) is 2.36. The first-order valence-corrected chi connectivity index (χ1v) is 10.4. The fraction of sp³-hybridized carbons (Fsp3) is 0.429. The summed E-state index contributed by atoms with van der Waals surface area (Å²) in [7, 11) is 0. The van der Waals surface area contributed by atoms with E-state index in [1.807, 2.05) is 0 Å². The molecule has 0 radical (unpaired) electrons. The Morgan fingerprint density at radius 2 is 1.70 bits per heavy atom. The lowest BCUT2D eigenvalue weighted by atomic mass is 10.1. The third-order valence-electron chi connectivity index (χ3n) is 4.80. The molecular weight excluding hydrogens is 358 g/mol. The predicted octanol–water partition coefficient (Wildman–Crippen LogP) is 3.87. The summed E-state index contributed by atoms with van der Waals surface area (Å²) in [6.07, 6.45) is 1.94.